The molecule has 2 aromatic rings. The summed E-state index contributed by atoms with van der Waals surface area (Å²) in [4.78, 5) is 23.3. The molecule has 0 fully saturated rings. The molecule has 1 amide bonds. The molecule has 0 atom stereocenters. The summed E-state index contributed by atoms with van der Waals surface area (Å²) in [6.45, 7) is 6.26. The predicted molar refractivity (Wildman–Crippen MR) is 97.7 cm³/mol. The Morgan fingerprint density at radius 3 is 2.48 bits per heavy atom. The van der Waals surface area contributed by atoms with E-state index >= 15 is 0 Å². The Bertz CT molecular complexity index is 735. The SMILES string of the molecule is CCCOc1ccc(C=O)c(OCC(=O)Nc2c(C)cccc2C)c1. The van der Waals surface area contributed by atoms with Crippen LogP contribution in [0, 0.1) is 13.8 Å². The number of carbonyl (C=O) groups excluding carboxylic acids is 2. The molecule has 0 aliphatic heterocycles. The van der Waals surface area contributed by atoms with Crippen molar-refractivity contribution in [2.75, 3.05) is 18.5 Å². The van der Waals surface area contributed by atoms with E-state index in [0.29, 0.717) is 30.0 Å². The van der Waals surface area contributed by atoms with E-state index in [1.54, 1.807) is 18.2 Å². The van der Waals surface area contributed by atoms with E-state index in [4.69, 9.17) is 9.47 Å². The number of para-hydroxylation sites is 1. The largest absolute Gasteiger partial charge is 0.493 e. The number of hydrogen-bond donors (Lipinski definition) is 1. The average molecular weight is 341 g/mol. The third-order valence-electron chi connectivity index (χ3n) is 3.69. The van der Waals surface area contributed by atoms with Gasteiger partial charge in [-0.15, -0.1) is 0 Å². The van der Waals surface area contributed by atoms with Crippen molar-refractivity contribution in [1.82, 2.24) is 0 Å². The molecule has 1 N–H and O–H groups in total. The number of carbonyl (C=O) groups is 2. The fourth-order valence-corrected chi connectivity index (χ4v) is 2.38. The molecule has 2 aromatic carbocycles. The Morgan fingerprint density at radius 2 is 1.84 bits per heavy atom. The molecule has 2 rings (SSSR count). The van der Waals surface area contributed by atoms with E-state index in [-0.39, 0.29) is 12.5 Å². The Morgan fingerprint density at radius 1 is 1.12 bits per heavy atom. The first-order chi connectivity index (χ1) is 12.0. The highest BCUT2D eigenvalue weighted by Crippen LogP contribution is 2.24. The van der Waals surface area contributed by atoms with E-state index in [1.165, 1.54) is 0 Å². The zero-order chi connectivity index (χ0) is 18.2. The molecule has 25 heavy (non-hydrogen) atoms. The lowest BCUT2D eigenvalue weighted by molar-refractivity contribution is -0.118. The number of rotatable bonds is 8. The van der Waals surface area contributed by atoms with Crippen molar-refractivity contribution >= 4 is 17.9 Å². The molecule has 5 heteroatoms. The summed E-state index contributed by atoms with van der Waals surface area (Å²) >= 11 is 0. The van der Waals surface area contributed by atoms with Crippen molar-refractivity contribution in [2.45, 2.75) is 27.2 Å². The summed E-state index contributed by atoms with van der Waals surface area (Å²) < 4.78 is 11.1. The van der Waals surface area contributed by atoms with Crippen LogP contribution in [-0.4, -0.2) is 25.4 Å². The fourth-order valence-electron chi connectivity index (χ4n) is 2.38. The molecule has 132 valence electrons. The van der Waals surface area contributed by atoms with Crippen molar-refractivity contribution in [1.29, 1.82) is 0 Å². The minimum atomic E-state index is -0.283. The van der Waals surface area contributed by atoms with Gasteiger partial charge in [0.25, 0.3) is 5.91 Å². The van der Waals surface area contributed by atoms with Crippen LogP contribution in [0.2, 0.25) is 0 Å². The lowest BCUT2D eigenvalue weighted by Gasteiger charge is -2.13. The molecular weight excluding hydrogens is 318 g/mol. The van der Waals surface area contributed by atoms with Gasteiger partial charge in [0, 0.05) is 11.8 Å². The van der Waals surface area contributed by atoms with Crippen LogP contribution < -0.4 is 14.8 Å². The second kappa shape index (κ2) is 8.87. The monoisotopic (exact) mass is 341 g/mol. The minimum absolute atomic E-state index is 0.189. The van der Waals surface area contributed by atoms with Gasteiger partial charge in [-0.25, -0.2) is 0 Å². The second-order valence-corrected chi connectivity index (χ2v) is 5.77. The number of anilines is 1. The number of ether oxygens (including phenoxy) is 2. The third-order valence-corrected chi connectivity index (χ3v) is 3.69. The van der Waals surface area contributed by atoms with Gasteiger partial charge in [-0.3, -0.25) is 9.59 Å². The molecular formula is C20H23NO4. The van der Waals surface area contributed by atoms with Crippen LogP contribution in [0.25, 0.3) is 0 Å². The molecule has 0 saturated heterocycles. The molecule has 0 heterocycles. The lowest BCUT2D eigenvalue weighted by atomic mass is 10.1. The Balaban J connectivity index is 2.04. The summed E-state index contributed by atoms with van der Waals surface area (Å²) in [6.07, 6.45) is 1.58. The highest BCUT2D eigenvalue weighted by Gasteiger charge is 2.11. The zero-order valence-corrected chi connectivity index (χ0v) is 14.8. The summed E-state index contributed by atoms with van der Waals surface area (Å²) in [5.41, 5.74) is 3.13. The Hall–Kier alpha value is -2.82. The normalized spacial score (nSPS) is 10.2. The van der Waals surface area contributed by atoms with Gasteiger partial charge < -0.3 is 14.8 Å². The molecule has 0 radical (unpaired) electrons. The van der Waals surface area contributed by atoms with E-state index in [1.807, 2.05) is 39.0 Å². The minimum Gasteiger partial charge on any atom is -0.493 e. The summed E-state index contributed by atoms with van der Waals surface area (Å²) in [5.74, 6) is 0.659. The van der Waals surface area contributed by atoms with Gasteiger partial charge in [0.1, 0.15) is 11.5 Å². The zero-order valence-electron chi connectivity index (χ0n) is 14.8. The van der Waals surface area contributed by atoms with Gasteiger partial charge in [-0.1, -0.05) is 25.1 Å². The van der Waals surface area contributed by atoms with Crippen molar-refractivity contribution in [2.24, 2.45) is 0 Å². The molecule has 0 aromatic heterocycles. The van der Waals surface area contributed by atoms with Crippen LogP contribution in [-0.2, 0) is 4.79 Å². The van der Waals surface area contributed by atoms with Gasteiger partial charge in [-0.05, 0) is 43.5 Å². The predicted octanol–water partition coefficient (Wildman–Crippen LogP) is 3.92. The van der Waals surface area contributed by atoms with Gasteiger partial charge in [0.15, 0.2) is 12.9 Å². The van der Waals surface area contributed by atoms with E-state index in [9.17, 15) is 9.59 Å². The van der Waals surface area contributed by atoms with Gasteiger partial charge >= 0.3 is 0 Å². The molecule has 0 spiro atoms. The van der Waals surface area contributed by atoms with Crippen LogP contribution in [0.5, 0.6) is 11.5 Å². The smallest absolute Gasteiger partial charge is 0.262 e. The summed E-state index contributed by atoms with van der Waals surface area (Å²) in [7, 11) is 0. The van der Waals surface area contributed by atoms with Crippen LogP contribution >= 0.6 is 0 Å². The number of benzene rings is 2. The summed E-state index contributed by atoms with van der Waals surface area (Å²) in [6, 6.07) is 10.8. The highest BCUT2D eigenvalue weighted by molar-refractivity contribution is 5.93. The van der Waals surface area contributed by atoms with Crippen LogP contribution in [0.3, 0.4) is 0 Å². The third kappa shape index (κ3) is 5.08. The van der Waals surface area contributed by atoms with Crippen LogP contribution in [0.15, 0.2) is 36.4 Å². The first-order valence-electron chi connectivity index (χ1n) is 8.26. The molecule has 0 bridgehead atoms. The number of aldehydes is 1. The highest BCUT2D eigenvalue weighted by atomic mass is 16.5. The summed E-state index contributed by atoms with van der Waals surface area (Å²) in [5, 5.41) is 2.85. The number of aryl methyl sites for hydroxylation is 2. The van der Waals surface area contributed by atoms with Gasteiger partial charge in [0.2, 0.25) is 0 Å². The van der Waals surface area contributed by atoms with Gasteiger partial charge in [0.05, 0.1) is 12.2 Å². The number of hydrogen-bond acceptors (Lipinski definition) is 4. The second-order valence-electron chi connectivity index (χ2n) is 5.77. The lowest BCUT2D eigenvalue weighted by Crippen LogP contribution is -2.21. The van der Waals surface area contributed by atoms with Crippen molar-refractivity contribution in [3.8, 4) is 11.5 Å². The Labute approximate surface area is 148 Å². The quantitative estimate of drug-likeness (QED) is 0.739. The maximum atomic E-state index is 12.2. The van der Waals surface area contributed by atoms with Crippen molar-refractivity contribution in [3.63, 3.8) is 0 Å². The average Bonchev–Trinajstić information content (AvgIpc) is 2.61. The maximum Gasteiger partial charge on any atom is 0.262 e. The number of amides is 1. The molecule has 0 unspecified atom stereocenters. The van der Waals surface area contributed by atoms with Gasteiger partial charge in [-0.2, -0.15) is 0 Å². The van der Waals surface area contributed by atoms with Crippen LogP contribution in [0.1, 0.15) is 34.8 Å². The standard InChI is InChI=1S/C20H23NO4/c1-4-10-24-17-9-8-16(12-22)18(11-17)25-13-19(23)21-20-14(2)6-5-7-15(20)3/h5-9,11-12H,4,10,13H2,1-3H3,(H,21,23). The van der Waals surface area contributed by atoms with Crippen molar-refractivity contribution in [3.05, 3.63) is 53.1 Å². The maximum absolute atomic E-state index is 12.2. The van der Waals surface area contributed by atoms with E-state index < -0.39 is 0 Å². The first-order valence-corrected chi connectivity index (χ1v) is 8.26. The number of nitrogens with one attached hydrogen (secondary N) is 1. The molecule has 0 saturated carbocycles. The van der Waals surface area contributed by atoms with E-state index in [0.717, 1.165) is 23.2 Å². The Kier molecular flexibility index (Phi) is 6.57. The van der Waals surface area contributed by atoms with E-state index in [2.05, 4.69) is 5.32 Å². The van der Waals surface area contributed by atoms with Crippen LogP contribution in [0.4, 0.5) is 5.69 Å². The molecule has 0 aliphatic rings. The topological polar surface area (TPSA) is 64.6 Å². The van der Waals surface area contributed by atoms with Crippen molar-refractivity contribution < 1.29 is 19.1 Å². The molecule has 5 nitrogen and oxygen atoms in total. The molecule has 0 aliphatic carbocycles. The fraction of sp³-hybridized carbons (Fsp3) is 0.300. The first kappa shape index (κ1) is 18.5.